The van der Waals surface area contributed by atoms with Gasteiger partial charge in [0.1, 0.15) is 23.9 Å². The molecule has 0 radical (unpaired) electrons. The average Bonchev–Trinajstić information content (AvgIpc) is 3.63. The topological polar surface area (TPSA) is 94.5 Å². The van der Waals surface area contributed by atoms with Crippen LogP contribution >= 0.6 is 0 Å². The largest absolute Gasteiger partial charge is 0.573 e. The normalized spacial score (nSPS) is 14.1. The molecule has 1 unspecified atom stereocenters. The molecule has 1 saturated carbocycles. The van der Waals surface area contributed by atoms with Crippen molar-refractivity contribution in [3.63, 3.8) is 0 Å². The number of hydrogen-bond acceptors (Lipinski definition) is 6. The first kappa shape index (κ1) is 27.1. The van der Waals surface area contributed by atoms with Crippen molar-refractivity contribution >= 4 is 12.1 Å². The molecule has 0 saturated heterocycles. The molecule has 1 atom stereocenters. The zero-order valence-corrected chi connectivity index (χ0v) is 19.7. The van der Waals surface area contributed by atoms with E-state index < -0.39 is 30.3 Å². The highest BCUT2D eigenvalue weighted by atomic mass is 19.4. The molecular formula is C25H28F3NO7. The second-order valence-corrected chi connectivity index (χ2v) is 8.26. The Morgan fingerprint density at radius 2 is 1.64 bits per heavy atom. The third-order valence-electron chi connectivity index (χ3n) is 5.31. The summed E-state index contributed by atoms with van der Waals surface area (Å²) in [6.07, 6.45) is -4.10. The Morgan fingerprint density at radius 1 is 1.03 bits per heavy atom. The summed E-state index contributed by atoms with van der Waals surface area (Å²) >= 11 is 0. The van der Waals surface area contributed by atoms with Gasteiger partial charge in [0.25, 0.3) is 0 Å². The van der Waals surface area contributed by atoms with Gasteiger partial charge >= 0.3 is 18.4 Å². The van der Waals surface area contributed by atoms with Crippen molar-refractivity contribution in [1.29, 1.82) is 0 Å². The first-order valence-electron chi connectivity index (χ1n) is 11.5. The monoisotopic (exact) mass is 511 g/mol. The zero-order valence-electron chi connectivity index (χ0n) is 19.7. The number of aliphatic carboxylic acids is 1. The van der Waals surface area contributed by atoms with E-state index in [9.17, 15) is 27.9 Å². The lowest BCUT2D eigenvalue weighted by molar-refractivity contribution is -0.274. The molecular weight excluding hydrogens is 483 g/mol. The summed E-state index contributed by atoms with van der Waals surface area (Å²) in [6, 6.07) is 11.5. The van der Waals surface area contributed by atoms with E-state index in [1.807, 2.05) is 0 Å². The molecule has 0 aliphatic heterocycles. The summed E-state index contributed by atoms with van der Waals surface area (Å²) in [4.78, 5) is 25.4. The highest BCUT2D eigenvalue weighted by Crippen LogP contribution is 2.30. The molecule has 196 valence electrons. The lowest BCUT2D eigenvalue weighted by atomic mass is 10.1. The predicted octanol–water partition coefficient (Wildman–Crippen LogP) is 4.91. The van der Waals surface area contributed by atoms with Crippen LogP contribution in [0.1, 0.15) is 25.3 Å². The van der Waals surface area contributed by atoms with Crippen LogP contribution < -0.4 is 14.2 Å². The van der Waals surface area contributed by atoms with Gasteiger partial charge in [0.15, 0.2) is 6.10 Å². The van der Waals surface area contributed by atoms with E-state index in [-0.39, 0.29) is 25.3 Å². The van der Waals surface area contributed by atoms with E-state index in [1.54, 1.807) is 31.2 Å². The minimum atomic E-state index is -4.80. The van der Waals surface area contributed by atoms with Crippen molar-refractivity contribution < 1.29 is 46.8 Å². The van der Waals surface area contributed by atoms with Gasteiger partial charge in [-0.25, -0.2) is 9.59 Å². The number of benzene rings is 2. The van der Waals surface area contributed by atoms with Crippen LogP contribution in [0.3, 0.4) is 0 Å². The average molecular weight is 511 g/mol. The maximum absolute atomic E-state index is 12.7. The number of rotatable bonds is 13. The summed E-state index contributed by atoms with van der Waals surface area (Å²) in [5.74, 6) is -0.397. The molecule has 1 fully saturated rings. The van der Waals surface area contributed by atoms with E-state index in [0.717, 1.165) is 30.5 Å². The van der Waals surface area contributed by atoms with E-state index in [4.69, 9.17) is 14.2 Å². The van der Waals surface area contributed by atoms with Crippen LogP contribution in [0.2, 0.25) is 0 Å². The van der Waals surface area contributed by atoms with Gasteiger partial charge < -0.3 is 29.0 Å². The van der Waals surface area contributed by atoms with Gasteiger partial charge in [-0.3, -0.25) is 0 Å². The fourth-order valence-electron chi connectivity index (χ4n) is 3.37. The van der Waals surface area contributed by atoms with Crippen LogP contribution in [0.15, 0.2) is 48.5 Å². The predicted molar refractivity (Wildman–Crippen MR) is 122 cm³/mol. The lowest BCUT2D eigenvalue weighted by Crippen LogP contribution is -2.38. The summed E-state index contributed by atoms with van der Waals surface area (Å²) in [6.45, 7) is 2.96. The van der Waals surface area contributed by atoms with Crippen molar-refractivity contribution in [2.75, 3.05) is 26.3 Å². The zero-order chi connectivity index (χ0) is 26.1. The lowest BCUT2D eigenvalue weighted by Gasteiger charge is -2.22. The van der Waals surface area contributed by atoms with Crippen molar-refractivity contribution in [2.24, 2.45) is 5.92 Å². The van der Waals surface area contributed by atoms with Crippen molar-refractivity contribution in [3.8, 4) is 17.2 Å². The number of carbonyl (C=O) groups excluding carboxylic acids is 1. The number of hydrogen-bond donors (Lipinski definition) is 1. The quantitative estimate of drug-likeness (QED) is 0.409. The molecule has 1 aliphatic carbocycles. The number of carbonyl (C=O) groups is 2. The van der Waals surface area contributed by atoms with Crippen LogP contribution in [-0.4, -0.2) is 60.8 Å². The first-order valence-corrected chi connectivity index (χ1v) is 11.5. The fraction of sp³-hybridized carbons (Fsp3) is 0.440. The number of halogens is 3. The van der Waals surface area contributed by atoms with Gasteiger partial charge in [0.2, 0.25) is 0 Å². The molecule has 1 amide bonds. The summed E-state index contributed by atoms with van der Waals surface area (Å²) in [5.41, 5.74) is 0.786. The van der Waals surface area contributed by atoms with Gasteiger partial charge in [-0.1, -0.05) is 12.1 Å². The molecule has 1 aliphatic rings. The summed E-state index contributed by atoms with van der Waals surface area (Å²) in [7, 11) is 0. The van der Waals surface area contributed by atoms with E-state index in [2.05, 4.69) is 4.74 Å². The molecule has 0 aromatic heterocycles. The smallest absolute Gasteiger partial charge is 0.492 e. The van der Waals surface area contributed by atoms with Gasteiger partial charge in [-0.05, 0) is 67.6 Å². The second-order valence-electron chi connectivity index (χ2n) is 8.26. The molecule has 11 heteroatoms. The third-order valence-corrected chi connectivity index (χ3v) is 5.31. The number of nitrogens with zero attached hydrogens (tertiary/aromatic N) is 1. The van der Waals surface area contributed by atoms with Crippen LogP contribution in [0.5, 0.6) is 17.2 Å². The molecule has 0 spiro atoms. The van der Waals surface area contributed by atoms with Crippen LogP contribution in [0.4, 0.5) is 18.0 Å². The maximum Gasteiger partial charge on any atom is 0.573 e. The molecule has 3 rings (SSSR count). The third kappa shape index (κ3) is 9.29. The Morgan fingerprint density at radius 3 is 2.19 bits per heavy atom. The van der Waals surface area contributed by atoms with Gasteiger partial charge in [0, 0.05) is 19.6 Å². The summed E-state index contributed by atoms with van der Waals surface area (Å²) in [5, 5.41) is 9.21. The fourth-order valence-corrected chi connectivity index (χ4v) is 3.37. The number of amides is 1. The minimum Gasteiger partial charge on any atom is -0.492 e. The van der Waals surface area contributed by atoms with Crippen molar-refractivity contribution in [3.05, 3.63) is 54.1 Å². The van der Waals surface area contributed by atoms with Gasteiger partial charge in [-0.2, -0.15) is 0 Å². The maximum atomic E-state index is 12.7. The Bertz CT molecular complexity index is 992. The first-order chi connectivity index (χ1) is 17.1. The Kier molecular flexibility index (Phi) is 9.40. The van der Waals surface area contributed by atoms with E-state index in [1.165, 1.54) is 17.0 Å². The second kappa shape index (κ2) is 12.5. The highest BCUT2D eigenvalue weighted by molar-refractivity contribution is 5.72. The molecule has 36 heavy (non-hydrogen) atoms. The molecule has 0 heterocycles. The van der Waals surface area contributed by atoms with E-state index in [0.29, 0.717) is 24.8 Å². The Balaban J connectivity index is 1.50. The summed E-state index contributed by atoms with van der Waals surface area (Å²) < 4.78 is 57.0. The molecule has 8 nitrogen and oxygen atoms in total. The molecule has 2 aromatic carbocycles. The van der Waals surface area contributed by atoms with Gasteiger partial charge in [0.05, 0.1) is 6.54 Å². The SMILES string of the molecule is CCOC(Cc1ccc(OCCN(CC2CC2)C(=O)Oc2ccc(OC(F)(F)F)cc2)cc1)C(=O)O. The number of carboxylic acid groups (broad SMARTS) is 1. The van der Waals surface area contributed by atoms with Crippen molar-refractivity contribution in [1.82, 2.24) is 4.90 Å². The van der Waals surface area contributed by atoms with Crippen LogP contribution in [0.25, 0.3) is 0 Å². The van der Waals surface area contributed by atoms with E-state index >= 15 is 0 Å². The highest BCUT2D eigenvalue weighted by Gasteiger charge is 2.31. The minimum absolute atomic E-state index is 0.0959. The Hall–Kier alpha value is -3.47. The van der Waals surface area contributed by atoms with Crippen LogP contribution in [0, 0.1) is 5.92 Å². The number of ether oxygens (including phenoxy) is 4. The molecule has 0 bridgehead atoms. The Labute approximate surface area is 206 Å². The standard InChI is InChI=1S/C25H28F3NO7/c1-2-33-22(23(30)31)15-17-5-7-19(8-6-17)34-14-13-29(16-18-3-4-18)24(32)35-20-9-11-21(12-10-20)36-25(26,27)28/h5-12,18,22H,2-4,13-16H2,1H3,(H,30,31). The van der Waals surface area contributed by atoms with Crippen molar-refractivity contribution in [2.45, 2.75) is 38.7 Å². The number of alkyl halides is 3. The molecule has 2 aromatic rings. The molecule has 1 N–H and O–H groups in total. The number of carboxylic acids is 1. The van der Waals surface area contributed by atoms with Crippen LogP contribution in [-0.2, 0) is 16.0 Å². The van der Waals surface area contributed by atoms with Gasteiger partial charge in [-0.15, -0.1) is 13.2 Å².